The lowest BCUT2D eigenvalue weighted by Gasteiger charge is -2.12. The molecule has 1 aromatic carbocycles. The molecule has 0 aliphatic heterocycles. The Bertz CT molecular complexity index is 672. The van der Waals surface area contributed by atoms with E-state index in [0.29, 0.717) is 0 Å². The number of halogens is 1. The van der Waals surface area contributed by atoms with Crippen LogP contribution in [0.15, 0.2) is 29.3 Å². The average molecular weight is 460 g/mol. The molecule has 2 rings (SSSR count). The highest BCUT2D eigenvalue weighted by atomic mass is 127. The molecule has 0 aliphatic carbocycles. The molecule has 0 radical (unpaired) electrons. The standard InChI is InChI=1S/C17H24N4OS.HI/c1-12-16(23-13(2)21-12)11-20-17(18-3)19-10-9-14-7-5-6-8-15(14)22-4;/h5-8H,9-11H2,1-4H3,(H2,18,19,20);1H. The second-order valence-electron chi connectivity index (χ2n) is 5.16. The van der Waals surface area contributed by atoms with E-state index in [0.717, 1.165) is 41.9 Å². The Morgan fingerprint density at radius 3 is 2.62 bits per heavy atom. The molecule has 0 fully saturated rings. The van der Waals surface area contributed by atoms with Gasteiger partial charge in [0.05, 0.1) is 24.4 Å². The SMILES string of the molecule is CN=C(NCCc1ccccc1OC)NCc1sc(C)nc1C.I. The largest absolute Gasteiger partial charge is 0.496 e. The van der Waals surface area contributed by atoms with Gasteiger partial charge in [-0.15, -0.1) is 35.3 Å². The molecule has 0 saturated heterocycles. The van der Waals surface area contributed by atoms with Crippen molar-refractivity contribution in [2.75, 3.05) is 20.7 Å². The number of nitrogens with zero attached hydrogens (tertiary/aromatic N) is 2. The van der Waals surface area contributed by atoms with Crippen LogP contribution in [0.25, 0.3) is 0 Å². The minimum Gasteiger partial charge on any atom is -0.496 e. The van der Waals surface area contributed by atoms with Gasteiger partial charge < -0.3 is 15.4 Å². The Kier molecular flexibility index (Phi) is 9.05. The molecule has 24 heavy (non-hydrogen) atoms. The molecule has 7 heteroatoms. The number of aryl methyl sites for hydroxylation is 2. The van der Waals surface area contributed by atoms with Crippen molar-refractivity contribution >= 4 is 41.3 Å². The first-order valence-corrected chi connectivity index (χ1v) is 8.45. The predicted molar refractivity (Wildman–Crippen MR) is 112 cm³/mol. The summed E-state index contributed by atoms with van der Waals surface area (Å²) in [6.07, 6.45) is 0.878. The molecule has 1 heterocycles. The third kappa shape index (κ3) is 5.94. The molecule has 1 aromatic heterocycles. The normalized spacial score (nSPS) is 10.9. The summed E-state index contributed by atoms with van der Waals surface area (Å²) in [6.45, 7) is 5.60. The van der Waals surface area contributed by atoms with E-state index < -0.39 is 0 Å². The number of thiazole rings is 1. The van der Waals surface area contributed by atoms with E-state index >= 15 is 0 Å². The van der Waals surface area contributed by atoms with Gasteiger partial charge in [-0.1, -0.05) is 18.2 Å². The second kappa shape index (κ2) is 10.5. The molecular weight excluding hydrogens is 435 g/mol. The zero-order chi connectivity index (χ0) is 16.7. The summed E-state index contributed by atoms with van der Waals surface area (Å²) in [7, 11) is 3.48. The van der Waals surface area contributed by atoms with Crippen molar-refractivity contribution in [3.05, 3.63) is 45.4 Å². The smallest absolute Gasteiger partial charge is 0.191 e. The summed E-state index contributed by atoms with van der Waals surface area (Å²) in [5.41, 5.74) is 2.27. The van der Waals surface area contributed by atoms with Crippen molar-refractivity contribution in [3.8, 4) is 5.75 Å². The lowest BCUT2D eigenvalue weighted by molar-refractivity contribution is 0.409. The quantitative estimate of drug-likeness (QED) is 0.395. The molecule has 0 saturated carbocycles. The molecule has 0 spiro atoms. The van der Waals surface area contributed by atoms with Crippen molar-refractivity contribution in [2.45, 2.75) is 26.8 Å². The van der Waals surface area contributed by atoms with Crippen molar-refractivity contribution in [2.24, 2.45) is 4.99 Å². The number of aromatic nitrogens is 1. The summed E-state index contributed by atoms with van der Waals surface area (Å²) in [5, 5.41) is 7.76. The topological polar surface area (TPSA) is 58.5 Å². The molecule has 2 aromatic rings. The first-order valence-electron chi connectivity index (χ1n) is 7.63. The van der Waals surface area contributed by atoms with Gasteiger partial charge in [-0.05, 0) is 31.9 Å². The maximum Gasteiger partial charge on any atom is 0.191 e. The van der Waals surface area contributed by atoms with Crippen LogP contribution in [0.4, 0.5) is 0 Å². The number of rotatable bonds is 6. The minimum atomic E-state index is 0. The summed E-state index contributed by atoms with van der Waals surface area (Å²) in [6, 6.07) is 8.08. The van der Waals surface area contributed by atoms with E-state index in [1.807, 2.05) is 32.0 Å². The Morgan fingerprint density at radius 1 is 1.25 bits per heavy atom. The highest BCUT2D eigenvalue weighted by Crippen LogP contribution is 2.17. The fourth-order valence-electron chi connectivity index (χ4n) is 2.35. The van der Waals surface area contributed by atoms with Crippen LogP contribution in [0.1, 0.15) is 21.1 Å². The molecule has 0 bridgehead atoms. The Morgan fingerprint density at radius 2 is 2.00 bits per heavy atom. The van der Waals surface area contributed by atoms with Gasteiger partial charge in [-0.25, -0.2) is 4.98 Å². The first-order chi connectivity index (χ1) is 11.1. The van der Waals surface area contributed by atoms with Gasteiger partial charge in [-0.3, -0.25) is 4.99 Å². The number of methoxy groups -OCH3 is 1. The highest BCUT2D eigenvalue weighted by Gasteiger charge is 2.06. The van der Waals surface area contributed by atoms with Crippen molar-refractivity contribution in [1.29, 1.82) is 0 Å². The number of aliphatic imine (C=N–C) groups is 1. The van der Waals surface area contributed by atoms with E-state index in [4.69, 9.17) is 4.74 Å². The van der Waals surface area contributed by atoms with Crippen LogP contribution in [0, 0.1) is 13.8 Å². The lowest BCUT2D eigenvalue weighted by atomic mass is 10.1. The van der Waals surface area contributed by atoms with Crippen molar-refractivity contribution in [3.63, 3.8) is 0 Å². The third-order valence-electron chi connectivity index (χ3n) is 3.52. The van der Waals surface area contributed by atoms with Gasteiger partial charge in [0.15, 0.2) is 5.96 Å². The van der Waals surface area contributed by atoms with Crippen LogP contribution in [0.2, 0.25) is 0 Å². The zero-order valence-electron chi connectivity index (χ0n) is 14.5. The predicted octanol–water partition coefficient (Wildman–Crippen LogP) is 3.29. The maximum absolute atomic E-state index is 5.37. The van der Waals surface area contributed by atoms with Crippen LogP contribution in [0.3, 0.4) is 0 Å². The Balaban J connectivity index is 0.00000288. The van der Waals surface area contributed by atoms with Gasteiger partial charge >= 0.3 is 0 Å². The van der Waals surface area contributed by atoms with Crippen LogP contribution in [-0.2, 0) is 13.0 Å². The number of para-hydroxylation sites is 1. The molecule has 0 amide bonds. The van der Waals surface area contributed by atoms with Crippen molar-refractivity contribution in [1.82, 2.24) is 15.6 Å². The minimum absolute atomic E-state index is 0. The van der Waals surface area contributed by atoms with E-state index in [2.05, 4.69) is 26.7 Å². The van der Waals surface area contributed by atoms with Crippen LogP contribution in [-0.4, -0.2) is 31.6 Å². The number of nitrogens with one attached hydrogen (secondary N) is 2. The van der Waals surface area contributed by atoms with E-state index in [1.165, 1.54) is 10.4 Å². The highest BCUT2D eigenvalue weighted by molar-refractivity contribution is 14.0. The number of guanidine groups is 1. The van der Waals surface area contributed by atoms with Crippen LogP contribution in [0.5, 0.6) is 5.75 Å². The van der Waals surface area contributed by atoms with E-state index in [1.54, 1.807) is 25.5 Å². The molecule has 2 N–H and O–H groups in total. The monoisotopic (exact) mass is 460 g/mol. The van der Waals surface area contributed by atoms with E-state index in [-0.39, 0.29) is 24.0 Å². The second-order valence-corrected chi connectivity index (χ2v) is 6.44. The van der Waals surface area contributed by atoms with Gasteiger partial charge in [0.2, 0.25) is 0 Å². The summed E-state index contributed by atoms with van der Waals surface area (Å²) in [5.74, 6) is 1.72. The fourth-order valence-corrected chi connectivity index (χ4v) is 3.22. The fraction of sp³-hybridized carbons (Fsp3) is 0.412. The number of ether oxygens (including phenoxy) is 1. The number of hydrogen-bond donors (Lipinski definition) is 2. The average Bonchev–Trinajstić information content (AvgIpc) is 2.88. The van der Waals surface area contributed by atoms with Gasteiger partial charge in [0.25, 0.3) is 0 Å². The van der Waals surface area contributed by atoms with Crippen molar-refractivity contribution < 1.29 is 4.74 Å². The zero-order valence-corrected chi connectivity index (χ0v) is 17.7. The van der Waals surface area contributed by atoms with Crippen LogP contribution < -0.4 is 15.4 Å². The van der Waals surface area contributed by atoms with Gasteiger partial charge in [-0.2, -0.15) is 0 Å². The Hall–Kier alpha value is -1.35. The summed E-state index contributed by atoms with van der Waals surface area (Å²) in [4.78, 5) is 9.95. The summed E-state index contributed by atoms with van der Waals surface area (Å²) >= 11 is 1.72. The maximum atomic E-state index is 5.37. The first kappa shape index (κ1) is 20.7. The van der Waals surface area contributed by atoms with Crippen LogP contribution >= 0.6 is 35.3 Å². The van der Waals surface area contributed by atoms with Gasteiger partial charge in [0, 0.05) is 18.5 Å². The molecule has 0 unspecified atom stereocenters. The molecule has 5 nitrogen and oxygen atoms in total. The lowest BCUT2D eigenvalue weighted by Crippen LogP contribution is -2.37. The molecule has 0 aliphatic rings. The number of benzene rings is 1. The molecular formula is C17H25IN4OS. The molecule has 0 atom stereocenters. The third-order valence-corrected chi connectivity index (χ3v) is 4.59. The van der Waals surface area contributed by atoms with E-state index in [9.17, 15) is 0 Å². The van der Waals surface area contributed by atoms with Gasteiger partial charge in [0.1, 0.15) is 5.75 Å². The summed E-state index contributed by atoms with van der Waals surface area (Å²) < 4.78 is 5.37. The molecule has 132 valence electrons. The Labute approximate surface area is 165 Å². The number of hydrogen-bond acceptors (Lipinski definition) is 4.